The van der Waals surface area contributed by atoms with E-state index in [2.05, 4.69) is 4.90 Å². The molecule has 1 aromatic rings. The molecule has 0 saturated carbocycles. The molecule has 0 unspecified atom stereocenters. The molecular weight excluding hydrogens is 328 g/mol. The Morgan fingerprint density at radius 2 is 1.91 bits per heavy atom. The van der Waals surface area contributed by atoms with Crippen molar-refractivity contribution in [3.63, 3.8) is 0 Å². The number of piperidine rings is 1. The molecule has 122 valence electrons. The largest absolute Gasteiger partial charge is 0.478 e. The normalized spacial score (nSPS) is 17.8. The van der Waals surface area contributed by atoms with Crippen LogP contribution in [0.5, 0.6) is 0 Å². The van der Waals surface area contributed by atoms with Crippen LogP contribution in [0.15, 0.2) is 23.1 Å². The highest BCUT2D eigenvalue weighted by Crippen LogP contribution is 2.28. The predicted octanol–water partition coefficient (Wildman–Crippen LogP) is 1.75. The molecule has 1 fully saturated rings. The Morgan fingerprint density at radius 1 is 1.32 bits per heavy atom. The topological polar surface area (TPSA) is 77.9 Å². The summed E-state index contributed by atoms with van der Waals surface area (Å²) in [7, 11) is 0.170. The van der Waals surface area contributed by atoms with Crippen LogP contribution in [-0.4, -0.2) is 61.9 Å². The van der Waals surface area contributed by atoms with Gasteiger partial charge in [0.05, 0.1) is 10.6 Å². The monoisotopic (exact) mass is 346 g/mol. The van der Waals surface area contributed by atoms with Crippen LogP contribution in [0, 0.1) is 0 Å². The van der Waals surface area contributed by atoms with Crippen molar-refractivity contribution in [3.8, 4) is 0 Å². The second-order valence-electron chi connectivity index (χ2n) is 5.55. The molecule has 1 N–H and O–H groups in total. The van der Waals surface area contributed by atoms with Crippen LogP contribution in [0.2, 0.25) is 5.02 Å². The van der Waals surface area contributed by atoms with E-state index in [4.69, 9.17) is 16.7 Å². The first-order valence-corrected chi connectivity index (χ1v) is 8.74. The zero-order chi connectivity index (χ0) is 16.5. The smallest absolute Gasteiger partial charge is 0.335 e. The van der Waals surface area contributed by atoms with Gasteiger partial charge < -0.3 is 10.0 Å². The van der Waals surface area contributed by atoms with Crippen LogP contribution in [0.3, 0.4) is 0 Å². The van der Waals surface area contributed by atoms with Gasteiger partial charge in [0, 0.05) is 19.1 Å². The Morgan fingerprint density at radius 3 is 2.41 bits per heavy atom. The Kier molecular flexibility index (Phi) is 5.11. The molecule has 1 aromatic carbocycles. The minimum absolute atomic E-state index is 0.0414. The lowest BCUT2D eigenvalue weighted by Crippen LogP contribution is -2.44. The van der Waals surface area contributed by atoms with E-state index >= 15 is 0 Å². The molecule has 0 bridgehead atoms. The van der Waals surface area contributed by atoms with Crippen molar-refractivity contribution in [2.24, 2.45) is 0 Å². The number of carboxylic acid groups (broad SMARTS) is 1. The van der Waals surface area contributed by atoms with Gasteiger partial charge in [0.25, 0.3) is 0 Å². The molecule has 0 aliphatic carbocycles. The molecule has 0 spiro atoms. The predicted molar refractivity (Wildman–Crippen MR) is 83.9 cm³/mol. The Labute approximate surface area is 135 Å². The Hall–Kier alpha value is -1.15. The molecule has 1 heterocycles. The van der Waals surface area contributed by atoms with Crippen LogP contribution in [0.1, 0.15) is 23.2 Å². The highest BCUT2D eigenvalue weighted by Gasteiger charge is 2.31. The number of nitrogens with zero attached hydrogens (tertiary/aromatic N) is 2. The summed E-state index contributed by atoms with van der Waals surface area (Å²) in [5.74, 6) is -1.18. The fourth-order valence-corrected chi connectivity index (χ4v) is 4.54. The van der Waals surface area contributed by atoms with Crippen molar-refractivity contribution in [1.29, 1.82) is 0 Å². The lowest BCUT2D eigenvalue weighted by molar-refractivity contribution is 0.0696. The molecule has 0 atom stereocenters. The van der Waals surface area contributed by atoms with E-state index in [9.17, 15) is 13.2 Å². The number of sulfonamides is 1. The van der Waals surface area contributed by atoms with E-state index < -0.39 is 16.0 Å². The third-order valence-electron chi connectivity index (χ3n) is 3.95. The summed E-state index contributed by atoms with van der Waals surface area (Å²) in [6.07, 6.45) is 1.48. The molecular formula is C14H19ClN2O4S. The van der Waals surface area contributed by atoms with Crippen molar-refractivity contribution < 1.29 is 18.3 Å². The van der Waals surface area contributed by atoms with Gasteiger partial charge in [-0.1, -0.05) is 11.6 Å². The maximum absolute atomic E-state index is 12.7. The highest BCUT2D eigenvalue weighted by atomic mass is 35.5. The molecule has 2 rings (SSSR count). The molecule has 8 heteroatoms. The van der Waals surface area contributed by atoms with Gasteiger partial charge in [0.2, 0.25) is 10.0 Å². The van der Waals surface area contributed by atoms with Gasteiger partial charge in [0.1, 0.15) is 4.90 Å². The zero-order valence-electron chi connectivity index (χ0n) is 12.5. The summed E-state index contributed by atoms with van der Waals surface area (Å²) in [5, 5.41) is 9.06. The molecule has 22 heavy (non-hydrogen) atoms. The first-order valence-electron chi connectivity index (χ1n) is 6.93. The molecule has 1 saturated heterocycles. The van der Waals surface area contributed by atoms with Crippen molar-refractivity contribution in [3.05, 3.63) is 28.8 Å². The van der Waals surface area contributed by atoms with Gasteiger partial charge in [-0.05, 0) is 45.1 Å². The van der Waals surface area contributed by atoms with E-state index in [0.29, 0.717) is 19.1 Å². The number of carbonyl (C=O) groups is 1. The molecule has 1 aliphatic rings. The van der Waals surface area contributed by atoms with E-state index in [1.807, 2.05) is 14.1 Å². The highest BCUT2D eigenvalue weighted by molar-refractivity contribution is 7.89. The molecule has 6 nitrogen and oxygen atoms in total. The summed E-state index contributed by atoms with van der Waals surface area (Å²) in [6.45, 7) is 0.803. The van der Waals surface area contributed by atoms with E-state index in [0.717, 1.165) is 18.9 Å². The fourth-order valence-electron chi connectivity index (χ4n) is 2.57. The lowest BCUT2D eigenvalue weighted by Gasteiger charge is -2.34. The SMILES string of the molecule is CN(C)C1CCN(S(=O)(=O)c2cc(C(=O)O)ccc2Cl)CC1. The first-order chi connectivity index (χ1) is 10.2. The van der Waals surface area contributed by atoms with Crippen LogP contribution in [0.4, 0.5) is 0 Å². The average molecular weight is 347 g/mol. The summed E-state index contributed by atoms with van der Waals surface area (Å²) < 4.78 is 26.8. The number of hydrogen-bond donors (Lipinski definition) is 1. The number of halogens is 1. The van der Waals surface area contributed by atoms with Gasteiger partial charge in [-0.25, -0.2) is 13.2 Å². The minimum atomic E-state index is -3.78. The molecule has 0 amide bonds. The van der Waals surface area contributed by atoms with Crippen molar-refractivity contribution in [2.45, 2.75) is 23.8 Å². The second kappa shape index (κ2) is 6.54. The second-order valence-corrected chi connectivity index (χ2v) is 7.86. The standard InChI is InChI=1S/C14H19ClN2O4S/c1-16(2)11-5-7-17(8-6-11)22(20,21)13-9-10(14(18)19)3-4-12(13)15/h3-4,9,11H,5-8H2,1-2H3,(H,18,19). The van der Waals surface area contributed by atoms with Gasteiger partial charge in [-0.3, -0.25) is 0 Å². The molecule has 0 radical (unpaired) electrons. The van der Waals surface area contributed by atoms with Crippen LogP contribution >= 0.6 is 11.6 Å². The van der Waals surface area contributed by atoms with E-state index in [1.54, 1.807) is 0 Å². The summed E-state index contributed by atoms with van der Waals surface area (Å²) in [4.78, 5) is 13.0. The maximum atomic E-state index is 12.7. The number of carboxylic acids is 1. The summed E-state index contributed by atoms with van der Waals surface area (Å²) >= 11 is 5.98. The van der Waals surface area contributed by atoms with Gasteiger partial charge in [0.15, 0.2) is 0 Å². The Bertz CT molecular complexity index is 667. The number of hydrogen-bond acceptors (Lipinski definition) is 4. The third kappa shape index (κ3) is 3.43. The number of aromatic carboxylic acids is 1. The third-order valence-corrected chi connectivity index (χ3v) is 6.33. The van der Waals surface area contributed by atoms with Crippen molar-refractivity contribution in [2.75, 3.05) is 27.2 Å². The van der Waals surface area contributed by atoms with Crippen molar-refractivity contribution in [1.82, 2.24) is 9.21 Å². The molecule has 0 aromatic heterocycles. The average Bonchev–Trinajstić information content (AvgIpc) is 2.47. The fraction of sp³-hybridized carbons (Fsp3) is 0.500. The molecule has 1 aliphatic heterocycles. The lowest BCUT2D eigenvalue weighted by atomic mass is 10.1. The number of rotatable bonds is 4. The Balaban J connectivity index is 2.28. The van der Waals surface area contributed by atoms with Crippen LogP contribution in [0.25, 0.3) is 0 Å². The van der Waals surface area contributed by atoms with Gasteiger partial charge in [-0.15, -0.1) is 0 Å². The summed E-state index contributed by atoms with van der Waals surface area (Å²) in [6, 6.07) is 4.08. The first kappa shape index (κ1) is 17.2. The van der Waals surface area contributed by atoms with Crippen molar-refractivity contribution >= 4 is 27.6 Å². The van der Waals surface area contributed by atoms with Crippen LogP contribution < -0.4 is 0 Å². The maximum Gasteiger partial charge on any atom is 0.335 e. The summed E-state index contributed by atoms with van der Waals surface area (Å²) in [5.41, 5.74) is -0.0915. The van der Waals surface area contributed by atoms with E-state index in [1.165, 1.54) is 16.4 Å². The van der Waals surface area contributed by atoms with E-state index in [-0.39, 0.29) is 15.5 Å². The van der Waals surface area contributed by atoms with Gasteiger partial charge in [-0.2, -0.15) is 4.31 Å². The van der Waals surface area contributed by atoms with Crippen LogP contribution in [-0.2, 0) is 10.0 Å². The number of benzene rings is 1. The van der Waals surface area contributed by atoms with Gasteiger partial charge >= 0.3 is 5.97 Å². The quantitative estimate of drug-likeness (QED) is 0.898. The zero-order valence-corrected chi connectivity index (χ0v) is 14.1. The minimum Gasteiger partial charge on any atom is -0.478 e.